The van der Waals surface area contributed by atoms with Gasteiger partial charge in [0.1, 0.15) is 5.82 Å². The second kappa shape index (κ2) is 6.49. The molecule has 0 aromatic heterocycles. The molecule has 0 spiro atoms. The minimum absolute atomic E-state index is 0.162. The van der Waals surface area contributed by atoms with Gasteiger partial charge in [-0.2, -0.15) is 0 Å². The molecule has 0 radical (unpaired) electrons. The first-order chi connectivity index (χ1) is 9.11. The van der Waals surface area contributed by atoms with Crippen molar-refractivity contribution in [2.24, 2.45) is 5.73 Å². The van der Waals surface area contributed by atoms with Gasteiger partial charge in [0, 0.05) is 18.1 Å². The zero-order valence-electron chi connectivity index (χ0n) is 12.0. The molecule has 0 bridgehead atoms. The summed E-state index contributed by atoms with van der Waals surface area (Å²) in [5, 5.41) is 0. The molecule has 0 amide bonds. The van der Waals surface area contributed by atoms with Gasteiger partial charge in [0.05, 0.1) is 0 Å². The second-order valence-corrected chi connectivity index (χ2v) is 5.71. The zero-order chi connectivity index (χ0) is 13.8. The molecule has 1 aromatic carbocycles. The normalized spacial score (nSPS) is 25.5. The maximum Gasteiger partial charge on any atom is 0.123 e. The molecule has 0 aliphatic heterocycles. The topological polar surface area (TPSA) is 29.3 Å². The predicted octanol–water partition coefficient (Wildman–Crippen LogP) is 3.48. The third kappa shape index (κ3) is 3.54. The Bertz CT molecular complexity index is 382. The van der Waals surface area contributed by atoms with Crippen LogP contribution in [-0.2, 0) is 0 Å². The first kappa shape index (κ1) is 14.5. The van der Waals surface area contributed by atoms with Gasteiger partial charge >= 0.3 is 0 Å². The molecule has 1 atom stereocenters. The highest BCUT2D eigenvalue weighted by molar-refractivity contribution is 5.20. The highest BCUT2D eigenvalue weighted by Gasteiger charge is 2.26. The first-order valence-electron chi connectivity index (χ1n) is 7.34. The van der Waals surface area contributed by atoms with E-state index in [9.17, 15) is 4.39 Å². The Labute approximate surface area is 115 Å². The van der Waals surface area contributed by atoms with E-state index in [4.69, 9.17) is 5.73 Å². The van der Waals surface area contributed by atoms with Gasteiger partial charge in [0.25, 0.3) is 0 Å². The van der Waals surface area contributed by atoms with Gasteiger partial charge < -0.3 is 5.73 Å². The van der Waals surface area contributed by atoms with Crippen LogP contribution < -0.4 is 5.73 Å². The van der Waals surface area contributed by atoms with Gasteiger partial charge in [-0.3, -0.25) is 4.90 Å². The minimum atomic E-state index is -0.162. The molecule has 0 saturated heterocycles. The molecule has 1 fully saturated rings. The third-order valence-corrected chi connectivity index (χ3v) is 4.45. The van der Waals surface area contributed by atoms with Crippen LogP contribution in [0.4, 0.5) is 4.39 Å². The lowest BCUT2D eigenvalue weighted by molar-refractivity contribution is 0.128. The quantitative estimate of drug-likeness (QED) is 0.902. The zero-order valence-corrected chi connectivity index (χ0v) is 12.0. The highest BCUT2D eigenvalue weighted by atomic mass is 19.1. The molecule has 3 heteroatoms. The fourth-order valence-corrected chi connectivity index (χ4v) is 3.21. The monoisotopic (exact) mass is 264 g/mol. The van der Waals surface area contributed by atoms with Crippen LogP contribution in [-0.4, -0.2) is 24.0 Å². The molecule has 2 N–H and O–H groups in total. The molecule has 1 aliphatic carbocycles. The van der Waals surface area contributed by atoms with Crippen molar-refractivity contribution in [3.8, 4) is 0 Å². The van der Waals surface area contributed by atoms with Crippen molar-refractivity contribution in [1.82, 2.24) is 4.90 Å². The lowest BCUT2D eigenvalue weighted by atomic mass is 9.89. The average molecular weight is 264 g/mol. The molecule has 0 heterocycles. The van der Waals surface area contributed by atoms with Crippen LogP contribution >= 0.6 is 0 Å². The fourth-order valence-electron chi connectivity index (χ4n) is 3.21. The predicted molar refractivity (Wildman–Crippen MR) is 77.4 cm³/mol. The van der Waals surface area contributed by atoms with Crippen molar-refractivity contribution in [3.63, 3.8) is 0 Å². The Kier molecular flexibility index (Phi) is 4.94. The van der Waals surface area contributed by atoms with E-state index in [0.29, 0.717) is 18.1 Å². The maximum absolute atomic E-state index is 13.0. The van der Waals surface area contributed by atoms with Crippen molar-refractivity contribution in [2.45, 2.75) is 57.2 Å². The van der Waals surface area contributed by atoms with Crippen LogP contribution in [0.15, 0.2) is 24.3 Å². The molecule has 1 aliphatic rings. The highest BCUT2D eigenvalue weighted by Crippen LogP contribution is 2.30. The van der Waals surface area contributed by atoms with Crippen molar-refractivity contribution in [2.75, 3.05) is 7.05 Å². The van der Waals surface area contributed by atoms with Gasteiger partial charge in [-0.1, -0.05) is 19.1 Å². The summed E-state index contributed by atoms with van der Waals surface area (Å²) >= 11 is 0. The van der Waals surface area contributed by atoms with E-state index < -0.39 is 0 Å². The molecular formula is C16H25FN2. The number of hydrogen-bond donors (Lipinski definition) is 1. The number of benzene rings is 1. The van der Waals surface area contributed by atoms with Crippen molar-refractivity contribution >= 4 is 0 Å². The summed E-state index contributed by atoms with van der Waals surface area (Å²) in [7, 11) is 2.19. The second-order valence-electron chi connectivity index (χ2n) is 5.71. The fraction of sp³-hybridized carbons (Fsp3) is 0.625. The van der Waals surface area contributed by atoms with E-state index in [1.807, 2.05) is 12.1 Å². The molecule has 2 rings (SSSR count). The van der Waals surface area contributed by atoms with Gasteiger partial charge in [0.2, 0.25) is 0 Å². The summed E-state index contributed by atoms with van der Waals surface area (Å²) in [6.45, 7) is 2.19. The summed E-state index contributed by atoms with van der Waals surface area (Å²) in [5.41, 5.74) is 7.18. The number of rotatable bonds is 4. The first-order valence-corrected chi connectivity index (χ1v) is 7.34. The Hall–Kier alpha value is -0.930. The van der Waals surface area contributed by atoms with E-state index in [0.717, 1.165) is 19.3 Å². The van der Waals surface area contributed by atoms with Gasteiger partial charge in [-0.25, -0.2) is 4.39 Å². The summed E-state index contributed by atoms with van der Waals surface area (Å²) in [6.07, 6.45) is 5.64. The molecule has 19 heavy (non-hydrogen) atoms. The van der Waals surface area contributed by atoms with E-state index >= 15 is 0 Å². The molecule has 106 valence electrons. The van der Waals surface area contributed by atoms with Gasteiger partial charge in [-0.05, 0) is 56.8 Å². The molecule has 1 unspecified atom stereocenters. The molecular weight excluding hydrogens is 239 g/mol. The molecule has 1 aromatic rings. The van der Waals surface area contributed by atoms with E-state index in [-0.39, 0.29) is 5.82 Å². The van der Waals surface area contributed by atoms with Gasteiger partial charge in [-0.15, -0.1) is 0 Å². The van der Waals surface area contributed by atoms with Crippen LogP contribution in [0.1, 0.15) is 50.6 Å². The Morgan fingerprint density at radius 3 is 2.32 bits per heavy atom. The van der Waals surface area contributed by atoms with Crippen molar-refractivity contribution in [3.05, 3.63) is 35.6 Å². The van der Waals surface area contributed by atoms with Crippen LogP contribution in [0.25, 0.3) is 0 Å². The van der Waals surface area contributed by atoms with Gasteiger partial charge in [0.15, 0.2) is 0 Å². The lowest BCUT2D eigenvalue weighted by Gasteiger charge is -2.38. The summed E-state index contributed by atoms with van der Waals surface area (Å²) in [5.74, 6) is -0.162. The number of halogens is 1. The Balaban J connectivity index is 2.06. The largest absolute Gasteiger partial charge is 0.328 e. The summed E-state index contributed by atoms with van der Waals surface area (Å²) in [4.78, 5) is 2.46. The summed E-state index contributed by atoms with van der Waals surface area (Å²) < 4.78 is 13.0. The standard InChI is InChI=1S/C16H25FN2/c1-3-16(12-4-6-13(17)7-5-12)19(2)15-10-8-14(18)9-11-15/h4-7,14-16H,3,8-11,18H2,1-2H3. The average Bonchev–Trinajstić information content (AvgIpc) is 2.42. The smallest absolute Gasteiger partial charge is 0.123 e. The van der Waals surface area contributed by atoms with Crippen LogP contribution in [0.2, 0.25) is 0 Å². The lowest BCUT2D eigenvalue weighted by Crippen LogP contribution is -2.40. The number of nitrogens with two attached hydrogens (primary N) is 1. The van der Waals surface area contributed by atoms with Crippen molar-refractivity contribution < 1.29 is 4.39 Å². The van der Waals surface area contributed by atoms with E-state index in [1.165, 1.54) is 18.4 Å². The molecule has 2 nitrogen and oxygen atoms in total. The third-order valence-electron chi connectivity index (χ3n) is 4.45. The number of nitrogens with zero attached hydrogens (tertiary/aromatic N) is 1. The maximum atomic E-state index is 13.0. The minimum Gasteiger partial charge on any atom is -0.328 e. The summed E-state index contributed by atoms with van der Waals surface area (Å²) in [6, 6.07) is 8.30. The van der Waals surface area contributed by atoms with E-state index in [1.54, 1.807) is 12.1 Å². The molecule has 1 saturated carbocycles. The Morgan fingerprint density at radius 2 is 1.79 bits per heavy atom. The number of hydrogen-bond acceptors (Lipinski definition) is 2. The van der Waals surface area contributed by atoms with Crippen molar-refractivity contribution in [1.29, 1.82) is 0 Å². The van der Waals surface area contributed by atoms with Crippen LogP contribution in [0.5, 0.6) is 0 Å². The SMILES string of the molecule is CCC(c1ccc(F)cc1)N(C)C1CCC(N)CC1. The van der Waals surface area contributed by atoms with E-state index in [2.05, 4.69) is 18.9 Å². The Morgan fingerprint density at radius 1 is 1.21 bits per heavy atom. The van der Waals surface area contributed by atoms with Crippen LogP contribution in [0.3, 0.4) is 0 Å². The van der Waals surface area contributed by atoms with Crippen LogP contribution in [0, 0.1) is 5.82 Å².